The van der Waals surface area contributed by atoms with Gasteiger partial charge in [0, 0.05) is 7.05 Å². The van der Waals surface area contributed by atoms with Crippen LogP contribution in [0.2, 0.25) is 0 Å². The number of anilines is 1. The minimum Gasteiger partial charge on any atom is -0.476 e. The highest BCUT2D eigenvalue weighted by atomic mass is 16.5. The van der Waals surface area contributed by atoms with Gasteiger partial charge in [0.25, 0.3) is 0 Å². The molecule has 0 amide bonds. The van der Waals surface area contributed by atoms with Gasteiger partial charge in [-0.2, -0.15) is 5.10 Å². The predicted molar refractivity (Wildman–Crippen MR) is 66.6 cm³/mol. The molecule has 0 aliphatic rings. The number of aryl methyl sites for hydroxylation is 2. The fraction of sp³-hybridized carbons (Fsp3) is 0.750. The maximum Gasteiger partial charge on any atom is 0.235 e. The van der Waals surface area contributed by atoms with E-state index in [1.807, 2.05) is 14.0 Å². The molecule has 1 aromatic heterocycles. The molecule has 1 aromatic rings. The summed E-state index contributed by atoms with van der Waals surface area (Å²) in [4.78, 5) is 0. The van der Waals surface area contributed by atoms with Crippen LogP contribution in [0.15, 0.2) is 0 Å². The number of hydrogen-bond acceptors (Lipinski definition) is 3. The van der Waals surface area contributed by atoms with Gasteiger partial charge in [0.05, 0.1) is 12.3 Å². The minimum atomic E-state index is 0.695. The van der Waals surface area contributed by atoms with E-state index in [0.717, 1.165) is 25.1 Å². The molecule has 0 bridgehead atoms. The Balaban J connectivity index is 2.44. The van der Waals surface area contributed by atoms with Crippen molar-refractivity contribution in [1.29, 1.82) is 0 Å². The Labute approximate surface area is 97.8 Å². The van der Waals surface area contributed by atoms with Gasteiger partial charge in [0.2, 0.25) is 5.88 Å². The van der Waals surface area contributed by atoms with E-state index in [1.54, 1.807) is 4.68 Å². The lowest BCUT2D eigenvalue weighted by Crippen LogP contribution is -2.04. The summed E-state index contributed by atoms with van der Waals surface area (Å²) in [7, 11) is 1.87. The lowest BCUT2D eigenvalue weighted by atomic mass is 10.2. The number of nitrogens with two attached hydrogens (primary N) is 1. The van der Waals surface area contributed by atoms with Crippen LogP contribution in [0.5, 0.6) is 5.88 Å². The normalized spacial score (nSPS) is 10.7. The molecule has 4 heteroatoms. The third kappa shape index (κ3) is 3.15. The minimum absolute atomic E-state index is 0.695. The molecule has 16 heavy (non-hydrogen) atoms. The van der Waals surface area contributed by atoms with Crippen LogP contribution in [0.1, 0.15) is 45.2 Å². The van der Waals surface area contributed by atoms with Crippen LogP contribution in [0, 0.1) is 0 Å². The molecule has 0 aliphatic carbocycles. The molecule has 2 N–H and O–H groups in total. The van der Waals surface area contributed by atoms with Crippen molar-refractivity contribution in [2.75, 3.05) is 12.3 Å². The smallest absolute Gasteiger partial charge is 0.235 e. The molecule has 0 spiro atoms. The van der Waals surface area contributed by atoms with Crippen LogP contribution < -0.4 is 10.5 Å². The zero-order chi connectivity index (χ0) is 12.0. The molecule has 0 fully saturated rings. The molecular formula is C12H23N3O. The highest BCUT2D eigenvalue weighted by molar-refractivity contribution is 5.52. The van der Waals surface area contributed by atoms with E-state index in [4.69, 9.17) is 10.5 Å². The van der Waals surface area contributed by atoms with Gasteiger partial charge in [-0.1, -0.05) is 33.1 Å². The first-order chi connectivity index (χ1) is 7.70. The van der Waals surface area contributed by atoms with E-state index in [9.17, 15) is 0 Å². The molecule has 0 aliphatic heterocycles. The zero-order valence-corrected chi connectivity index (χ0v) is 10.6. The Morgan fingerprint density at radius 1 is 1.25 bits per heavy atom. The standard InChI is InChI=1S/C12H23N3O/c1-4-6-7-8-9-16-12-11(13)10(5-2)14-15(12)3/h4-9,13H2,1-3H3. The Morgan fingerprint density at radius 3 is 2.56 bits per heavy atom. The number of nitrogen functional groups attached to an aromatic ring is 1. The average Bonchev–Trinajstić information content (AvgIpc) is 2.55. The van der Waals surface area contributed by atoms with Gasteiger partial charge in [-0.15, -0.1) is 0 Å². The third-order valence-electron chi connectivity index (χ3n) is 2.68. The molecule has 1 rings (SSSR count). The molecule has 0 saturated carbocycles. The Morgan fingerprint density at radius 2 is 2.00 bits per heavy atom. The second-order valence-electron chi connectivity index (χ2n) is 4.05. The topological polar surface area (TPSA) is 53.1 Å². The lowest BCUT2D eigenvalue weighted by Gasteiger charge is -2.06. The fourth-order valence-electron chi connectivity index (χ4n) is 1.71. The van der Waals surface area contributed by atoms with Crippen molar-refractivity contribution in [2.24, 2.45) is 7.05 Å². The van der Waals surface area contributed by atoms with E-state index < -0.39 is 0 Å². The predicted octanol–water partition coefficient (Wildman–Crippen LogP) is 2.52. The molecular weight excluding hydrogens is 202 g/mol. The van der Waals surface area contributed by atoms with Gasteiger partial charge in [-0.05, 0) is 12.8 Å². The quantitative estimate of drug-likeness (QED) is 0.725. The Kier molecular flexibility index (Phi) is 5.15. The molecule has 0 atom stereocenters. The number of aromatic nitrogens is 2. The van der Waals surface area contributed by atoms with Crippen LogP contribution in [0.25, 0.3) is 0 Å². The largest absolute Gasteiger partial charge is 0.476 e. The second kappa shape index (κ2) is 6.40. The van der Waals surface area contributed by atoms with Gasteiger partial charge < -0.3 is 10.5 Å². The lowest BCUT2D eigenvalue weighted by molar-refractivity contribution is 0.281. The van der Waals surface area contributed by atoms with Gasteiger partial charge in [-0.25, -0.2) is 4.68 Å². The monoisotopic (exact) mass is 225 g/mol. The van der Waals surface area contributed by atoms with Gasteiger partial charge in [0.1, 0.15) is 5.69 Å². The second-order valence-corrected chi connectivity index (χ2v) is 4.05. The Hall–Kier alpha value is -1.19. The molecule has 92 valence electrons. The molecule has 0 radical (unpaired) electrons. The van der Waals surface area contributed by atoms with Crippen molar-refractivity contribution < 1.29 is 4.74 Å². The van der Waals surface area contributed by atoms with Crippen molar-refractivity contribution >= 4 is 5.69 Å². The van der Waals surface area contributed by atoms with E-state index >= 15 is 0 Å². The highest BCUT2D eigenvalue weighted by Crippen LogP contribution is 2.24. The number of hydrogen-bond donors (Lipinski definition) is 1. The summed E-state index contributed by atoms with van der Waals surface area (Å²) in [5.41, 5.74) is 7.56. The molecule has 0 aromatic carbocycles. The summed E-state index contributed by atoms with van der Waals surface area (Å²) in [6, 6.07) is 0. The molecule has 1 heterocycles. The van der Waals surface area contributed by atoms with Gasteiger partial charge in [-0.3, -0.25) is 0 Å². The number of ether oxygens (including phenoxy) is 1. The van der Waals surface area contributed by atoms with Crippen LogP contribution in [-0.4, -0.2) is 16.4 Å². The van der Waals surface area contributed by atoms with Gasteiger partial charge in [0.15, 0.2) is 0 Å². The maximum atomic E-state index is 5.95. The van der Waals surface area contributed by atoms with Crippen molar-refractivity contribution in [2.45, 2.75) is 46.0 Å². The van der Waals surface area contributed by atoms with Crippen LogP contribution in [0.4, 0.5) is 5.69 Å². The number of unbranched alkanes of at least 4 members (excludes halogenated alkanes) is 3. The van der Waals surface area contributed by atoms with Gasteiger partial charge >= 0.3 is 0 Å². The first kappa shape index (κ1) is 12.9. The van der Waals surface area contributed by atoms with Crippen molar-refractivity contribution in [3.05, 3.63) is 5.69 Å². The first-order valence-electron chi connectivity index (χ1n) is 6.14. The fourth-order valence-corrected chi connectivity index (χ4v) is 1.71. The Bertz CT molecular complexity index is 320. The zero-order valence-electron chi connectivity index (χ0n) is 10.6. The van der Waals surface area contributed by atoms with Crippen molar-refractivity contribution in [1.82, 2.24) is 9.78 Å². The number of nitrogens with zero attached hydrogens (tertiary/aromatic N) is 2. The molecule has 4 nitrogen and oxygen atoms in total. The molecule has 0 unspecified atom stereocenters. The van der Waals surface area contributed by atoms with Crippen molar-refractivity contribution in [3.63, 3.8) is 0 Å². The average molecular weight is 225 g/mol. The van der Waals surface area contributed by atoms with E-state index in [0.29, 0.717) is 11.6 Å². The molecule has 0 saturated heterocycles. The summed E-state index contributed by atoms with van der Waals surface area (Å²) in [5, 5.41) is 4.31. The number of rotatable bonds is 7. The third-order valence-corrected chi connectivity index (χ3v) is 2.68. The summed E-state index contributed by atoms with van der Waals surface area (Å²) in [6.07, 6.45) is 5.66. The van der Waals surface area contributed by atoms with Crippen LogP contribution in [0.3, 0.4) is 0 Å². The van der Waals surface area contributed by atoms with Crippen LogP contribution in [-0.2, 0) is 13.5 Å². The summed E-state index contributed by atoms with van der Waals surface area (Å²) in [6.45, 7) is 4.98. The van der Waals surface area contributed by atoms with E-state index in [1.165, 1.54) is 19.3 Å². The summed E-state index contributed by atoms with van der Waals surface area (Å²) < 4.78 is 7.40. The summed E-state index contributed by atoms with van der Waals surface area (Å²) >= 11 is 0. The van der Waals surface area contributed by atoms with Crippen molar-refractivity contribution in [3.8, 4) is 5.88 Å². The summed E-state index contributed by atoms with van der Waals surface area (Å²) in [5.74, 6) is 0.716. The highest BCUT2D eigenvalue weighted by Gasteiger charge is 2.12. The maximum absolute atomic E-state index is 5.95. The van der Waals surface area contributed by atoms with Crippen LogP contribution >= 0.6 is 0 Å². The van der Waals surface area contributed by atoms with E-state index in [-0.39, 0.29) is 0 Å². The van der Waals surface area contributed by atoms with E-state index in [2.05, 4.69) is 12.0 Å². The first-order valence-corrected chi connectivity index (χ1v) is 6.14. The SMILES string of the molecule is CCCCCCOc1c(N)c(CC)nn1C.